The monoisotopic (exact) mass is 330 g/mol. The molecule has 3 rings (SSSR count). The molecule has 3 heterocycles. The van der Waals surface area contributed by atoms with Crippen LogP contribution >= 0.6 is 0 Å². The van der Waals surface area contributed by atoms with Gasteiger partial charge < -0.3 is 9.64 Å². The molecule has 0 saturated carbocycles. The van der Waals surface area contributed by atoms with E-state index in [0.717, 1.165) is 32.5 Å². The molecule has 126 valence electrons. The molecule has 7 nitrogen and oxygen atoms in total. The Morgan fingerprint density at radius 3 is 2.92 bits per heavy atom. The van der Waals surface area contributed by atoms with Crippen LogP contribution in [0.25, 0.3) is 21.5 Å². The van der Waals surface area contributed by atoms with Gasteiger partial charge in [-0.2, -0.15) is 0 Å². The first kappa shape index (κ1) is 16.4. The van der Waals surface area contributed by atoms with Crippen LogP contribution in [0.3, 0.4) is 0 Å². The number of likely N-dealkylation sites (tertiary alicyclic amines) is 1. The smallest absolute Gasteiger partial charge is 0.213 e. The van der Waals surface area contributed by atoms with Crippen LogP contribution in [0.4, 0.5) is 4.39 Å². The third-order valence-electron chi connectivity index (χ3n) is 4.40. The van der Waals surface area contributed by atoms with E-state index in [9.17, 15) is 4.39 Å². The van der Waals surface area contributed by atoms with E-state index in [1.165, 1.54) is 13.3 Å². The lowest BCUT2D eigenvalue weighted by atomic mass is 10.0. The van der Waals surface area contributed by atoms with Gasteiger partial charge in [-0.1, -0.05) is 5.11 Å². The number of azide groups is 1. The second-order valence-electron chi connectivity index (χ2n) is 5.83. The second kappa shape index (κ2) is 7.42. The van der Waals surface area contributed by atoms with E-state index in [-0.39, 0.29) is 11.9 Å². The molecular formula is C16H19FN6O. The third kappa shape index (κ3) is 3.55. The van der Waals surface area contributed by atoms with Crippen molar-refractivity contribution in [2.75, 3.05) is 26.7 Å². The first-order chi connectivity index (χ1) is 11.7. The summed E-state index contributed by atoms with van der Waals surface area (Å²) in [5.74, 6) is 0.110. The van der Waals surface area contributed by atoms with Crippen molar-refractivity contribution in [2.24, 2.45) is 5.11 Å². The predicted octanol–water partition coefficient (Wildman–Crippen LogP) is 3.09. The fourth-order valence-electron chi connectivity index (χ4n) is 3.03. The van der Waals surface area contributed by atoms with Gasteiger partial charge in [-0.25, -0.2) is 9.37 Å². The molecule has 1 aliphatic heterocycles. The number of ether oxygens (including phenoxy) is 1. The summed E-state index contributed by atoms with van der Waals surface area (Å²) in [5.41, 5.74) is 10.3. The molecule has 1 fully saturated rings. The van der Waals surface area contributed by atoms with Crippen LogP contribution in [0.1, 0.15) is 18.4 Å². The fraction of sp³-hybridized carbons (Fsp3) is 0.500. The van der Waals surface area contributed by atoms with Gasteiger partial charge in [0.2, 0.25) is 5.88 Å². The summed E-state index contributed by atoms with van der Waals surface area (Å²) in [4.78, 5) is 13.6. The maximum absolute atomic E-state index is 14.3. The number of piperidine rings is 1. The molecule has 24 heavy (non-hydrogen) atoms. The molecule has 0 atom stereocenters. The van der Waals surface area contributed by atoms with Gasteiger partial charge in [0.25, 0.3) is 0 Å². The molecule has 2 aromatic rings. The Morgan fingerprint density at radius 1 is 1.42 bits per heavy atom. The van der Waals surface area contributed by atoms with Gasteiger partial charge in [-0.05, 0) is 43.9 Å². The number of rotatable bonds is 5. The van der Waals surface area contributed by atoms with Crippen LogP contribution < -0.4 is 4.74 Å². The molecule has 1 aliphatic rings. The molecule has 0 amide bonds. The minimum absolute atomic E-state index is 0.0793. The first-order valence-corrected chi connectivity index (χ1v) is 7.96. The molecule has 0 N–H and O–H groups in total. The number of hydrogen-bond acceptors (Lipinski definition) is 5. The van der Waals surface area contributed by atoms with Gasteiger partial charge >= 0.3 is 0 Å². The number of aromatic nitrogens is 2. The van der Waals surface area contributed by atoms with E-state index in [4.69, 9.17) is 10.3 Å². The molecule has 0 radical (unpaired) electrons. The normalized spacial score (nSPS) is 16.1. The van der Waals surface area contributed by atoms with E-state index in [2.05, 4.69) is 24.9 Å². The Kier molecular flexibility index (Phi) is 5.08. The van der Waals surface area contributed by atoms with Crippen molar-refractivity contribution in [1.82, 2.24) is 14.9 Å². The van der Waals surface area contributed by atoms with Crippen LogP contribution in [0.15, 0.2) is 23.4 Å². The lowest BCUT2D eigenvalue weighted by Gasteiger charge is -2.29. The highest BCUT2D eigenvalue weighted by Gasteiger charge is 2.19. The molecular weight excluding hydrogens is 311 g/mol. The number of halogens is 1. The fourth-order valence-corrected chi connectivity index (χ4v) is 3.03. The van der Waals surface area contributed by atoms with Crippen molar-refractivity contribution in [1.29, 1.82) is 0 Å². The van der Waals surface area contributed by atoms with Crippen molar-refractivity contribution in [3.05, 3.63) is 40.2 Å². The highest BCUT2D eigenvalue weighted by molar-refractivity contribution is 5.78. The minimum atomic E-state index is -0.341. The van der Waals surface area contributed by atoms with Gasteiger partial charge in [-0.3, -0.25) is 4.98 Å². The molecule has 0 aromatic carbocycles. The Labute approximate surface area is 139 Å². The Bertz CT molecular complexity index is 768. The van der Waals surface area contributed by atoms with Gasteiger partial charge in [-0.15, -0.1) is 0 Å². The Balaban J connectivity index is 1.73. The van der Waals surface area contributed by atoms with Crippen molar-refractivity contribution in [2.45, 2.75) is 25.3 Å². The van der Waals surface area contributed by atoms with E-state index >= 15 is 0 Å². The number of fused-ring (bicyclic) bond motifs is 1. The first-order valence-electron chi connectivity index (χ1n) is 7.96. The van der Waals surface area contributed by atoms with E-state index < -0.39 is 0 Å². The number of methoxy groups -OCH3 is 1. The SMILES string of the molecule is COc1ccc2ncc(F)c(CCN3CCC(N=[N+]=[N-])CC3)c2n1. The zero-order chi connectivity index (χ0) is 16.9. The highest BCUT2D eigenvalue weighted by atomic mass is 19.1. The summed E-state index contributed by atoms with van der Waals surface area (Å²) >= 11 is 0. The molecule has 0 spiro atoms. The minimum Gasteiger partial charge on any atom is -0.481 e. The average Bonchev–Trinajstić information content (AvgIpc) is 2.62. The predicted molar refractivity (Wildman–Crippen MR) is 88.4 cm³/mol. The Hall–Kier alpha value is -2.44. The van der Waals surface area contributed by atoms with Crippen molar-refractivity contribution >= 4 is 11.0 Å². The van der Waals surface area contributed by atoms with Crippen LogP contribution in [0.2, 0.25) is 0 Å². The van der Waals surface area contributed by atoms with Gasteiger partial charge in [0.05, 0.1) is 24.3 Å². The lowest BCUT2D eigenvalue weighted by Crippen LogP contribution is -2.36. The van der Waals surface area contributed by atoms with E-state index in [1.54, 1.807) is 12.1 Å². The molecule has 2 aromatic heterocycles. The summed E-state index contributed by atoms with van der Waals surface area (Å²) in [7, 11) is 1.54. The standard InChI is InChI=1S/C16H19FN6O/c1-24-15-3-2-14-16(20-15)12(13(17)10-19-14)6-9-23-7-4-11(5-8-23)21-22-18/h2-3,10-11H,4-9H2,1H3. The molecule has 8 heteroatoms. The largest absolute Gasteiger partial charge is 0.481 e. The average molecular weight is 330 g/mol. The van der Waals surface area contributed by atoms with Crippen molar-refractivity contribution < 1.29 is 9.13 Å². The summed E-state index contributed by atoms with van der Waals surface area (Å²) in [6, 6.07) is 3.59. The summed E-state index contributed by atoms with van der Waals surface area (Å²) in [6.07, 6.45) is 3.49. The number of nitrogens with zero attached hydrogens (tertiary/aromatic N) is 6. The van der Waals surface area contributed by atoms with E-state index in [1.807, 2.05) is 0 Å². The van der Waals surface area contributed by atoms with Crippen LogP contribution in [-0.4, -0.2) is 47.7 Å². The van der Waals surface area contributed by atoms with E-state index in [0.29, 0.717) is 28.9 Å². The molecule has 1 saturated heterocycles. The molecule has 0 unspecified atom stereocenters. The number of pyridine rings is 2. The van der Waals surface area contributed by atoms with Crippen LogP contribution in [0.5, 0.6) is 5.88 Å². The molecule has 0 bridgehead atoms. The highest BCUT2D eigenvalue weighted by Crippen LogP contribution is 2.22. The second-order valence-corrected chi connectivity index (χ2v) is 5.83. The number of hydrogen-bond donors (Lipinski definition) is 0. The molecule has 0 aliphatic carbocycles. The topological polar surface area (TPSA) is 87.0 Å². The Morgan fingerprint density at radius 2 is 2.21 bits per heavy atom. The quantitative estimate of drug-likeness (QED) is 0.479. The zero-order valence-corrected chi connectivity index (χ0v) is 13.5. The van der Waals surface area contributed by atoms with Crippen LogP contribution in [0, 0.1) is 5.82 Å². The summed E-state index contributed by atoms with van der Waals surface area (Å²) < 4.78 is 19.4. The van der Waals surface area contributed by atoms with Crippen LogP contribution in [-0.2, 0) is 6.42 Å². The van der Waals surface area contributed by atoms with Gasteiger partial charge in [0.15, 0.2) is 0 Å². The van der Waals surface area contributed by atoms with Crippen molar-refractivity contribution in [3.63, 3.8) is 0 Å². The summed E-state index contributed by atoms with van der Waals surface area (Å²) in [6.45, 7) is 2.44. The van der Waals surface area contributed by atoms with Gasteiger partial charge in [0, 0.05) is 29.1 Å². The van der Waals surface area contributed by atoms with Gasteiger partial charge in [0.1, 0.15) is 5.82 Å². The van der Waals surface area contributed by atoms with Crippen molar-refractivity contribution in [3.8, 4) is 5.88 Å². The maximum Gasteiger partial charge on any atom is 0.213 e. The maximum atomic E-state index is 14.3. The lowest BCUT2D eigenvalue weighted by molar-refractivity contribution is 0.215. The summed E-state index contributed by atoms with van der Waals surface area (Å²) in [5, 5.41) is 3.77. The third-order valence-corrected chi connectivity index (χ3v) is 4.40. The zero-order valence-electron chi connectivity index (χ0n) is 13.5.